The van der Waals surface area contributed by atoms with E-state index in [-0.39, 0.29) is 17.4 Å². The highest BCUT2D eigenvalue weighted by atomic mass is 19.4. The molecule has 6 heteroatoms. The Bertz CT molecular complexity index is 639. The monoisotopic (exact) mass is 281 g/mol. The third-order valence-corrected chi connectivity index (χ3v) is 2.54. The molecular formula is C14H10F3NO2. The van der Waals surface area contributed by atoms with Gasteiger partial charge in [0.2, 0.25) is 5.89 Å². The molecule has 20 heavy (non-hydrogen) atoms. The van der Waals surface area contributed by atoms with Gasteiger partial charge in [-0.2, -0.15) is 13.2 Å². The van der Waals surface area contributed by atoms with Gasteiger partial charge in [0.25, 0.3) is 0 Å². The van der Waals surface area contributed by atoms with Gasteiger partial charge in [-0.15, -0.1) is 0 Å². The summed E-state index contributed by atoms with van der Waals surface area (Å²) in [5, 5.41) is 0. The Hall–Kier alpha value is -2.37. The summed E-state index contributed by atoms with van der Waals surface area (Å²) in [7, 11) is 0. The second-order valence-corrected chi connectivity index (χ2v) is 4.08. The van der Waals surface area contributed by atoms with Crippen molar-refractivity contribution in [3.63, 3.8) is 0 Å². The van der Waals surface area contributed by atoms with E-state index in [0.717, 1.165) is 12.1 Å². The van der Waals surface area contributed by atoms with Crippen LogP contribution < -0.4 is 0 Å². The van der Waals surface area contributed by atoms with Crippen LogP contribution in [0.25, 0.3) is 12.2 Å². The fourth-order valence-corrected chi connectivity index (χ4v) is 1.48. The number of carbonyl (C=O) groups excluding carboxylic acids is 1. The van der Waals surface area contributed by atoms with Crippen LogP contribution in [0.2, 0.25) is 0 Å². The van der Waals surface area contributed by atoms with E-state index in [1.807, 2.05) is 0 Å². The Morgan fingerprint density at radius 3 is 2.35 bits per heavy atom. The maximum atomic E-state index is 12.4. The van der Waals surface area contributed by atoms with Crippen LogP contribution in [0.3, 0.4) is 0 Å². The van der Waals surface area contributed by atoms with Crippen LogP contribution in [-0.4, -0.2) is 10.8 Å². The molecule has 0 atom stereocenters. The molecule has 0 amide bonds. The van der Waals surface area contributed by atoms with E-state index < -0.39 is 11.7 Å². The fraction of sp³-hybridized carbons (Fsp3) is 0.143. The van der Waals surface area contributed by atoms with E-state index in [1.54, 1.807) is 6.08 Å². The molecule has 0 saturated carbocycles. The number of nitrogens with zero attached hydrogens (tertiary/aromatic N) is 1. The molecular weight excluding hydrogens is 271 g/mol. The average Bonchev–Trinajstić information content (AvgIpc) is 2.85. The molecule has 0 aliphatic rings. The summed E-state index contributed by atoms with van der Waals surface area (Å²) >= 11 is 0. The molecule has 2 aromatic rings. The van der Waals surface area contributed by atoms with E-state index >= 15 is 0 Å². The van der Waals surface area contributed by atoms with Crippen LogP contribution in [-0.2, 0) is 6.18 Å². The van der Waals surface area contributed by atoms with Crippen molar-refractivity contribution in [2.45, 2.75) is 13.1 Å². The summed E-state index contributed by atoms with van der Waals surface area (Å²) in [5.74, 6) is -0.00183. The van der Waals surface area contributed by atoms with Gasteiger partial charge in [-0.05, 0) is 23.8 Å². The minimum atomic E-state index is -4.35. The Kier molecular flexibility index (Phi) is 3.74. The maximum Gasteiger partial charge on any atom is 0.416 e. The molecule has 0 aliphatic carbocycles. The summed E-state index contributed by atoms with van der Waals surface area (Å²) < 4.78 is 42.1. The summed E-state index contributed by atoms with van der Waals surface area (Å²) in [6.07, 6.45) is -0.0824. The highest BCUT2D eigenvalue weighted by Crippen LogP contribution is 2.29. The van der Waals surface area contributed by atoms with Crippen molar-refractivity contribution >= 4 is 17.9 Å². The number of hydrogen-bond acceptors (Lipinski definition) is 3. The van der Waals surface area contributed by atoms with E-state index in [1.165, 1.54) is 31.4 Å². The second-order valence-electron chi connectivity index (χ2n) is 4.08. The van der Waals surface area contributed by atoms with E-state index in [2.05, 4.69) is 4.98 Å². The standard InChI is InChI=1S/C14H10F3NO2/c1-9(19)12-8-20-13(18-12)7-4-10-2-5-11(6-3-10)14(15,16)17/h2-8H,1H3/b7-4+. The minimum Gasteiger partial charge on any atom is -0.444 e. The molecule has 0 saturated heterocycles. The van der Waals surface area contributed by atoms with Crippen molar-refractivity contribution in [2.75, 3.05) is 0 Å². The number of rotatable bonds is 3. The van der Waals surface area contributed by atoms with Gasteiger partial charge >= 0.3 is 6.18 Å². The van der Waals surface area contributed by atoms with Gasteiger partial charge in [0.05, 0.1) is 5.56 Å². The van der Waals surface area contributed by atoms with Crippen LogP contribution >= 0.6 is 0 Å². The van der Waals surface area contributed by atoms with E-state index in [9.17, 15) is 18.0 Å². The normalized spacial score (nSPS) is 12.0. The first-order valence-corrected chi connectivity index (χ1v) is 5.68. The first-order chi connectivity index (χ1) is 9.36. The van der Waals surface area contributed by atoms with Crippen LogP contribution in [0.5, 0.6) is 0 Å². The fourth-order valence-electron chi connectivity index (χ4n) is 1.48. The Balaban J connectivity index is 2.13. The van der Waals surface area contributed by atoms with Crippen molar-refractivity contribution < 1.29 is 22.4 Å². The summed E-state index contributed by atoms with van der Waals surface area (Å²) in [5.41, 5.74) is 0.0716. The van der Waals surface area contributed by atoms with Crippen molar-refractivity contribution in [3.05, 3.63) is 53.2 Å². The molecule has 0 N–H and O–H groups in total. The number of carbonyl (C=O) groups is 1. The minimum absolute atomic E-state index is 0.206. The van der Waals surface area contributed by atoms with Crippen molar-refractivity contribution in [1.29, 1.82) is 0 Å². The van der Waals surface area contributed by atoms with Gasteiger partial charge in [0.15, 0.2) is 5.78 Å². The Morgan fingerprint density at radius 1 is 1.20 bits per heavy atom. The molecule has 1 aromatic heterocycles. The lowest BCUT2D eigenvalue weighted by Gasteiger charge is -2.05. The largest absolute Gasteiger partial charge is 0.444 e. The Labute approximate surface area is 112 Å². The molecule has 1 aromatic carbocycles. The first kappa shape index (κ1) is 14.0. The van der Waals surface area contributed by atoms with Crippen LogP contribution in [0.4, 0.5) is 13.2 Å². The molecule has 0 aliphatic heterocycles. The number of oxazole rings is 1. The lowest BCUT2D eigenvalue weighted by atomic mass is 10.1. The molecule has 0 spiro atoms. The smallest absolute Gasteiger partial charge is 0.416 e. The van der Waals surface area contributed by atoms with Gasteiger partial charge in [-0.3, -0.25) is 4.79 Å². The van der Waals surface area contributed by atoms with Crippen LogP contribution in [0.1, 0.15) is 34.4 Å². The number of hydrogen-bond donors (Lipinski definition) is 0. The predicted molar refractivity (Wildman–Crippen MR) is 66.9 cm³/mol. The highest BCUT2D eigenvalue weighted by Gasteiger charge is 2.29. The van der Waals surface area contributed by atoms with Gasteiger partial charge < -0.3 is 4.42 Å². The number of alkyl halides is 3. The zero-order valence-electron chi connectivity index (χ0n) is 10.4. The quantitative estimate of drug-likeness (QED) is 0.796. The first-order valence-electron chi connectivity index (χ1n) is 5.68. The number of ketones is 1. The highest BCUT2D eigenvalue weighted by molar-refractivity contribution is 5.92. The topological polar surface area (TPSA) is 43.1 Å². The lowest BCUT2D eigenvalue weighted by molar-refractivity contribution is -0.137. The summed E-state index contributed by atoms with van der Waals surface area (Å²) in [6.45, 7) is 1.36. The maximum absolute atomic E-state index is 12.4. The SMILES string of the molecule is CC(=O)c1coc(/C=C/c2ccc(C(F)(F)F)cc2)n1. The number of Topliss-reactive ketones (excluding diaryl/α,β-unsaturated/α-hetero) is 1. The number of benzene rings is 1. The van der Waals surface area contributed by atoms with E-state index in [0.29, 0.717) is 5.56 Å². The summed E-state index contributed by atoms with van der Waals surface area (Å²) in [4.78, 5) is 14.9. The van der Waals surface area contributed by atoms with Gasteiger partial charge in [-0.25, -0.2) is 4.98 Å². The molecule has 0 fully saturated rings. The van der Waals surface area contributed by atoms with E-state index in [4.69, 9.17) is 4.42 Å². The van der Waals surface area contributed by atoms with Crippen molar-refractivity contribution in [3.8, 4) is 0 Å². The number of aromatic nitrogens is 1. The molecule has 0 radical (unpaired) electrons. The number of halogens is 3. The molecule has 1 heterocycles. The zero-order chi connectivity index (χ0) is 14.8. The zero-order valence-corrected chi connectivity index (χ0v) is 10.4. The van der Waals surface area contributed by atoms with Crippen LogP contribution in [0, 0.1) is 0 Å². The third kappa shape index (κ3) is 3.34. The van der Waals surface area contributed by atoms with Gasteiger partial charge in [-0.1, -0.05) is 12.1 Å². The molecule has 3 nitrogen and oxygen atoms in total. The van der Waals surface area contributed by atoms with Crippen molar-refractivity contribution in [2.24, 2.45) is 0 Å². The molecule has 0 unspecified atom stereocenters. The molecule has 2 rings (SSSR count). The average molecular weight is 281 g/mol. The van der Waals surface area contributed by atoms with Gasteiger partial charge in [0, 0.05) is 13.0 Å². The van der Waals surface area contributed by atoms with Gasteiger partial charge in [0.1, 0.15) is 12.0 Å². The molecule has 104 valence electrons. The lowest BCUT2D eigenvalue weighted by Crippen LogP contribution is -2.03. The van der Waals surface area contributed by atoms with Crippen LogP contribution in [0.15, 0.2) is 34.9 Å². The van der Waals surface area contributed by atoms with Crippen molar-refractivity contribution in [1.82, 2.24) is 4.98 Å². The second kappa shape index (κ2) is 5.32. The third-order valence-electron chi connectivity index (χ3n) is 2.54. The Morgan fingerprint density at radius 2 is 1.85 bits per heavy atom. The molecule has 0 bridgehead atoms. The summed E-state index contributed by atoms with van der Waals surface area (Å²) in [6, 6.07) is 4.68. The predicted octanol–water partition coefficient (Wildman–Crippen LogP) is 4.07.